The van der Waals surface area contributed by atoms with Crippen molar-refractivity contribution < 1.29 is 9.32 Å². The van der Waals surface area contributed by atoms with Crippen molar-refractivity contribution in [2.45, 2.75) is 52.5 Å². The number of aromatic nitrogens is 4. The molecule has 0 spiro atoms. The molecule has 1 N–H and O–H groups in total. The number of hydrogen-bond acceptors (Lipinski definition) is 5. The number of carbonyl (C=O) groups excluding carboxylic acids is 1. The van der Waals surface area contributed by atoms with E-state index in [1.165, 1.54) is 0 Å². The number of amides is 1. The normalized spacial score (nSPS) is 14.6. The Morgan fingerprint density at radius 2 is 2.14 bits per heavy atom. The number of nitrogens with zero attached hydrogens (tertiary/aromatic N) is 4. The van der Waals surface area contributed by atoms with Crippen LogP contribution < -0.4 is 5.32 Å². The fourth-order valence-corrected chi connectivity index (χ4v) is 2.67. The van der Waals surface area contributed by atoms with Crippen molar-refractivity contribution in [3.63, 3.8) is 0 Å². The van der Waals surface area contributed by atoms with E-state index in [0.717, 1.165) is 43.4 Å². The molecule has 1 amide bonds. The van der Waals surface area contributed by atoms with E-state index < -0.39 is 0 Å². The maximum Gasteiger partial charge on any atom is 0.280 e. The van der Waals surface area contributed by atoms with Crippen molar-refractivity contribution in [2.24, 2.45) is 0 Å². The summed E-state index contributed by atoms with van der Waals surface area (Å²) in [6, 6.07) is 0. The predicted octanol–water partition coefficient (Wildman–Crippen LogP) is 2.12. The number of hydrogen-bond donors (Lipinski definition) is 1. The highest BCUT2D eigenvalue weighted by atomic mass is 16.5. The van der Waals surface area contributed by atoms with Crippen LogP contribution in [0.4, 0.5) is 5.95 Å². The quantitative estimate of drug-likeness (QED) is 0.875. The Morgan fingerprint density at radius 1 is 1.33 bits per heavy atom. The van der Waals surface area contributed by atoms with Gasteiger partial charge in [0.2, 0.25) is 5.95 Å². The van der Waals surface area contributed by atoms with Crippen LogP contribution in [0.1, 0.15) is 53.8 Å². The molecule has 112 valence electrons. The fraction of sp³-hybridized carbons (Fsp3) is 0.571. The first-order chi connectivity index (χ1) is 10.2. The van der Waals surface area contributed by atoms with Gasteiger partial charge in [0.25, 0.3) is 5.91 Å². The third-order valence-electron chi connectivity index (χ3n) is 3.72. The van der Waals surface area contributed by atoms with Crippen molar-refractivity contribution in [2.75, 3.05) is 5.32 Å². The molecule has 1 aliphatic carbocycles. The summed E-state index contributed by atoms with van der Waals surface area (Å²) < 4.78 is 6.99. The molecule has 0 aliphatic heterocycles. The molecule has 3 rings (SSSR count). The highest BCUT2D eigenvalue weighted by Crippen LogP contribution is 2.24. The monoisotopic (exact) mass is 289 g/mol. The lowest BCUT2D eigenvalue weighted by Gasteiger charge is -2.04. The van der Waals surface area contributed by atoms with Gasteiger partial charge in [-0.2, -0.15) is 10.1 Å². The molecule has 7 nitrogen and oxygen atoms in total. The van der Waals surface area contributed by atoms with E-state index in [1.54, 1.807) is 11.6 Å². The molecule has 0 fully saturated rings. The van der Waals surface area contributed by atoms with Crippen LogP contribution in [0.2, 0.25) is 0 Å². The average molecular weight is 289 g/mol. The minimum absolute atomic E-state index is 0.274. The molecule has 2 aromatic rings. The summed E-state index contributed by atoms with van der Waals surface area (Å²) in [6.45, 7) is 4.39. The molecule has 0 saturated heterocycles. The highest BCUT2D eigenvalue weighted by molar-refractivity contribution is 6.03. The molecule has 2 heterocycles. The molecular formula is C14H19N5O2. The standard InChI is InChI=1S/C14H19N5O2/c1-3-19-14(15-9(2)17-19)16-13(20)12-10-7-5-4-6-8-11(10)21-18-12/h3-8H2,1-2H3,(H,15,16,17,20). The second-order valence-electron chi connectivity index (χ2n) is 5.25. The summed E-state index contributed by atoms with van der Waals surface area (Å²) in [5, 5.41) is 10.9. The molecule has 1 aliphatic rings. The van der Waals surface area contributed by atoms with Crippen LogP contribution in [0.5, 0.6) is 0 Å². The Morgan fingerprint density at radius 3 is 2.95 bits per heavy atom. The number of anilines is 1. The molecule has 2 aromatic heterocycles. The van der Waals surface area contributed by atoms with Gasteiger partial charge in [0.05, 0.1) is 0 Å². The van der Waals surface area contributed by atoms with E-state index in [4.69, 9.17) is 4.52 Å². The van der Waals surface area contributed by atoms with Crippen molar-refractivity contribution in [3.8, 4) is 0 Å². The molecule has 0 bridgehead atoms. The smallest absolute Gasteiger partial charge is 0.280 e. The highest BCUT2D eigenvalue weighted by Gasteiger charge is 2.24. The zero-order valence-electron chi connectivity index (χ0n) is 12.3. The third-order valence-corrected chi connectivity index (χ3v) is 3.72. The van der Waals surface area contributed by atoms with Gasteiger partial charge < -0.3 is 4.52 Å². The molecule has 0 saturated carbocycles. The molecule has 7 heteroatoms. The summed E-state index contributed by atoms with van der Waals surface area (Å²) in [7, 11) is 0. The van der Waals surface area contributed by atoms with Crippen molar-refractivity contribution >= 4 is 11.9 Å². The van der Waals surface area contributed by atoms with E-state index in [-0.39, 0.29) is 5.91 Å². The average Bonchev–Trinajstić information content (AvgIpc) is 2.94. The molecule has 0 unspecified atom stereocenters. The molecule has 0 atom stereocenters. The van der Waals surface area contributed by atoms with E-state index in [2.05, 4.69) is 20.6 Å². The summed E-state index contributed by atoms with van der Waals surface area (Å²) in [6.07, 6.45) is 5.03. The van der Waals surface area contributed by atoms with Gasteiger partial charge in [0.1, 0.15) is 11.6 Å². The SMILES string of the molecule is CCn1nc(C)nc1NC(=O)c1noc2c1CCCCC2. The number of carbonyl (C=O) groups is 1. The van der Waals surface area contributed by atoms with Gasteiger partial charge in [-0.25, -0.2) is 4.68 Å². The predicted molar refractivity (Wildman–Crippen MR) is 76.1 cm³/mol. The Kier molecular flexibility index (Phi) is 3.72. The Balaban J connectivity index is 1.84. The van der Waals surface area contributed by atoms with Crippen LogP contribution in [0.3, 0.4) is 0 Å². The van der Waals surface area contributed by atoms with Crippen LogP contribution in [-0.4, -0.2) is 25.8 Å². The Labute approximate surface area is 122 Å². The largest absolute Gasteiger partial charge is 0.360 e. The van der Waals surface area contributed by atoms with Gasteiger partial charge in [-0.1, -0.05) is 11.6 Å². The van der Waals surface area contributed by atoms with Crippen LogP contribution >= 0.6 is 0 Å². The zero-order valence-corrected chi connectivity index (χ0v) is 12.3. The minimum Gasteiger partial charge on any atom is -0.360 e. The van der Waals surface area contributed by atoms with E-state index in [1.807, 2.05) is 6.92 Å². The van der Waals surface area contributed by atoms with Crippen LogP contribution in [0.25, 0.3) is 0 Å². The lowest BCUT2D eigenvalue weighted by atomic mass is 10.1. The van der Waals surface area contributed by atoms with Crippen LogP contribution in [-0.2, 0) is 19.4 Å². The first kappa shape index (κ1) is 13.8. The lowest BCUT2D eigenvalue weighted by molar-refractivity contribution is 0.101. The van der Waals surface area contributed by atoms with Crippen LogP contribution in [0, 0.1) is 6.92 Å². The van der Waals surface area contributed by atoms with Gasteiger partial charge in [0.15, 0.2) is 5.69 Å². The molecule has 21 heavy (non-hydrogen) atoms. The van der Waals surface area contributed by atoms with E-state index in [0.29, 0.717) is 24.0 Å². The number of nitrogens with one attached hydrogen (secondary N) is 1. The first-order valence-corrected chi connectivity index (χ1v) is 7.39. The summed E-state index contributed by atoms with van der Waals surface area (Å²) in [4.78, 5) is 16.6. The van der Waals surface area contributed by atoms with Gasteiger partial charge in [-0.15, -0.1) is 0 Å². The second-order valence-corrected chi connectivity index (χ2v) is 5.25. The topological polar surface area (TPSA) is 85.8 Å². The fourth-order valence-electron chi connectivity index (χ4n) is 2.67. The van der Waals surface area contributed by atoms with Gasteiger partial charge >= 0.3 is 0 Å². The van der Waals surface area contributed by atoms with Crippen LogP contribution in [0.15, 0.2) is 4.52 Å². The molecule has 0 radical (unpaired) electrons. The summed E-state index contributed by atoms with van der Waals surface area (Å²) in [5.41, 5.74) is 1.33. The molecular weight excluding hydrogens is 270 g/mol. The zero-order chi connectivity index (χ0) is 14.8. The van der Waals surface area contributed by atoms with Gasteiger partial charge in [-0.05, 0) is 33.1 Å². The number of fused-ring (bicyclic) bond motifs is 1. The van der Waals surface area contributed by atoms with Crippen molar-refractivity contribution in [1.82, 2.24) is 19.9 Å². The summed E-state index contributed by atoms with van der Waals surface area (Å²) >= 11 is 0. The number of aryl methyl sites for hydroxylation is 3. The number of rotatable bonds is 3. The maximum absolute atomic E-state index is 12.4. The van der Waals surface area contributed by atoms with E-state index >= 15 is 0 Å². The Bertz CT molecular complexity index is 658. The third kappa shape index (κ3) is 2.68. The molecule has 0 aromatic carbocycles. The summed E-state index contributed by atoms with van der Waals surface area (Å²) in [5.74, 6) is 1.66. The van der Waals surface area contributed by atoms with Crippen molar-refractivity contribution in [3.05, 3.63) is 22.8 Å². The Hall–Kier alpha value is -2.18. The van der Waals surface area contributed by atoms with Crippen molar-refractivity contribution in [1.29, 1.82) is 0 Å². The minimum atomic E-state index is -0.274. The van der Waals surface area contributed by atoms with Gasteiger partial charge in [0, 0.05) is 18.5 Å². The first-order valence-electron chi connectivity index (χ1n) is 7.39. The second kappa shape index (κ2) is 5.67. The lowest BCUT2D eigenvalue weighted by Crippen LogP contribution is -2.18. The van der Waals surface area contributed by atoms with Gasteiger partial charge in [-0.3, -0.25) is 10.1 Å². The van der Waals surface area contributed by atoms with E-state index in [9.17, 15) is 4.79 Å². The maximum atomic E-state index is 12.4.